The van der Waals surface area contributed by atoms with Crippen LogP contribution in [-0.4, -0.2) is 40.6 Å². The lowest BCUT2D eigenvalue weighted by Gasteiger charge is -2.15. The summed E-state index contributed by atoms with van der Waals surface area (Å²) in [5.74, 6) is -1.73. The number of carbonyl (C=O) groups excluding carboxylic acids is 1. The molecule has 1 aromatic carbocycles. The van der Waals surface area contributed by atoms with Crippen molar-refractivity contribution in [2.24, 2.45) is 0 Å². The number of anilines is 1. The minimum absolute atomic E-state index is 0.00669. The number of nitriles is 1. The number of pyridine rings is 2. The summed E-state index contributed by atoms with van der Waals surface area (Å²) in [4.78, 5) is 22.2. The molecule has 0 aliphatic heterocycles. The Labute approximate surface area is 204 Å². The number of fused-ring (bicyclic) bond motifs is 1. The summed E-state index contributed by atoms with van der Waals surface area (Å²) in [6.07, 6.45) is 0.782. The summed E-state index contributed by atoms with van der Waals surface area (Å²) < 4.78 is 57.3. The average molecular weight is 507 g/mol. The van der Waals surface area contributed by atoms with Crippen molar-refractivity contribution in [3.63, 3.8) is 0 Å². The van der Waals surface area contributed by atoms with Gasteiger partial charge in [0.15, 0.2) is 11.5 Å². The molecular weight excluding hydrogens is 494 g/mol. The van der Waals surface area contributed by atoms with Gasteiger partial charge < -0.3 is 5.32 Å². The van der Waals surface area contributed by atoms with E-state index < -0.39 is 29.2 Å². The Kier molecular flexibility index (Phi) is 5.59. The monoisotopic (exact) mass is 507 g/mol. The molecule has 0 fully saturated rings. The molecule has 0 saturated carbocycles. The molecular formula is C23H13F4N9O. The number of nitrogens with one attached hydrogen (secondary N) is 1. The van der Waals surface area contributed by atoms with E-state index in [0.29, 0.717) is 4.68 Å². The first-order chi connectivity index (χ1) is 17.7. The molecule has 0 bridgehead atoms. The van der Waals surface area contributed by atoms with Crippen LogP contribution in [0.3, 0.4) is 0 Å². The Morgan fingerprint density at radius 3 is 2.54 bits per heavy atom. The number of nitrogens with zero attached hydrogens (tertiary/aromatic N) is 8. The molecule has 1 amide bonds. The van der Waals surface area contributed by atoms with Crippen molar-refractivity contribution < 1.29 is 22.4 Å². The molecule has 5 rings (SSSR count). The zero-order valence-corrected chi connectivity index (χ0v) is 18.7. The molecule has 10 nitrogen and oxygen atoms in total. The maximum absolute atomic E-state index is 14.2. The highest BCUT2D eigenvalue weighted by Gasteiger charge is 2.41. The first kappa shape index (κ1) is 23.5. The number of aryl methyl sites for hydroxylation is 1. The van der Waals surface area contributed by atoms with E-state index in [4.69, 9.17) is 0 Å². The quantitative estimate of drug-likeness (QED) is 0.365. The molecule has 0 spiro atoms. The highest BCUT2D eigenvalue weighted by molar-refractivity contribution is 6.05. The van der Waals surface area contributed by atoms with Crippen LogP contribution >= 0.6 is 0 Å². The molecule has 5 aromatic rings. The van der Waals surface area contributed by atoms with Crippen LogP contribution in [0.4, 0.5) is 23.2 Å². The number of amides is 1. The van der Waals surface area contributed by atoms with Crippen LogP contribution in [0.2, 0.25) is 0 Å². The van der Waals surface area contributed by atoms with Gasteiger partial charge in [0.25, 0.3) is 5.91 Å². The maximum Gasteiger partial charge on any atom is 0.434 e. The summed E-state index contributed by atoms with van der Waals surface area (Å²) in [7, 11) is 0. The van der Waals surface area contributed by atoms with Gasteiger partial charge in [-0.25, -0.2) is 14.1 Å². The van der Waals surface area contributed by atoms with Gasteiger partial charge in [0, 0.05) is 17.0 Å². The first-order valence-corrected chi connectivity index (χ1v) is 10.5. The molecule has 0 saturated heterocycles. The van der Waals surface area contributed by atoms with Crippen molar-refractivity contribution >= 4 is 22.4 Å². The number of rotatable bonds is 4. The van der Waals surface area contributed by atoms with Crippen LogP contribution < -0.4 is 5.32 Å². The maximum atomic E-state index is 14.2. The Bertz CT molecular complexity index is 1700. The molecule has 0 aliphatic carbocycles. The zero-order chi connectivity index (χ0) is 26.3. The SMILES string of the molecule is Cc1nc(-n2nccn2)c(C#N)cc1NC(=O)c1cnn(-c2cncc3c(F)cccc23)c1C(F)(F)F. The normalized spacial score (nSPS) is 11.5. The third-order valence-corrected chi connectivity index (χ3v) is 5.41. The lowest BCUT2D eigenvalue weighted by Crippen LogP contribution is -2.21. The van der Waals surface area contributed by atoms with E-state index in [1.54, 1.807) is 0 Å². The summed E-state index contributed by atoms with van der Waals surface area (Å²) in [5, 5.41) is 23.6. The summed E-state index contributed by atoms with van der Waals surface area (Å²) in [6.45, 7) is 1.49. The molecule has 0 atom stereocenters. The smallest absolute Gasteiger partial charge is 0.320 e. The van der Waals surface area contributed by atoms with Gasteiger partial charge in [0.05, 0.1) is 47.4 Å². The zero-order valence-electron chi connectivity index (χ0n) is 18.7. The fourth-order valence-corrected chi connectivity index (χ4v) is 3.75. The number of carbonyl (C=O) groups is 1. The molecule has 4 heterocycles. The minimum Gasteiger partial charge on any atom is -0.320 e. The lowest BCUT2D eigenvalue weighted by molar-refractivity contribution is -0.143. The van der Waals surface area contributed by atoms with E-state index in [9.17, 15) is 27.6 Å². The second kappa shape index (κ2) is 8.79. The molecule has 184 valence electrons. The van der Waals surface area contributed by atoms with Crippen molar-refractivity contribution in [3.05, 3.63) is 83.6 Å². The lowest BCUT2D eigenvalue weighted by atomic mass is 10.1. The van der Waals surface area contributed by atoms with Gasteiger partial charge in [-0.3, -0.25) is 9.78 Å². The third kappa shape index (κ3) is 4.12. The van der Waals surface area contributed by atoms with E-state index in [-0.39, 0.29) is 39.2 Å². The second-order valence-corrected chi connectivity index (χ2v) is 7.69. The van der Waals surface area contributed by atoms with Gasteiger partial charge in [-0.1, -0.05) is 12.1 Å². The molecule has 0 unspecified atom stereocenters. The Hall–Kier alpha value is -5.19. The number of benzene rings is 1. The summed E-state index contributed by atoms with van der Waals surface area (Å²) in [5.41, 5.74) is -2.15. The number of alkyl halides is 3. The van der Waals surface area contributed by atoms with Gasteiger partial charge in [-0.05, 0) is 19.1 Å². The topological polar surface area (TPSA) is 127 Å². The van der Waals surface area contributed by atoms with Gasteiger partial charge in [-0.2, -0.15) is 33.7 Å². The van der Waals surface area contributed by atoms with E-state index in [0.717, 1.165) is 23.3 Å². The first-order valence-electron chi connectivity index (χ1n) is 10.5. The van der Waals surface area contributed by atoms with Crippen molar-refractivity contribution in [1.82, 2.24) is 34.7 Å². The molecule has 1 N–H and O–H groups in total. The minimum atomic E-state index is -5.01. The Morgan fingerprint density at radius 2 is 1.84 bits per heavy atom. The predicted molar refractivity (Wildman–Crippen MR) is 120 cm³/mol. The summed E-state index contributed by atoms with van der Waals surface area (Å²) >= 11 is 0. The second-order valence-electron chi connectivity index (χ2n) is 7.69. The third-order valence-electron chi connectivity index (χ3n) is 5.41. The van der Waals surface area contributed by atoms with E-state index >= 15 is 0 Å². The van der Waals surface area contributed by atoms with Crippen LogP contribution in [-0.2, 0) is 6.18 Å². The highest BCUT2D eigenvalue weighted by Crippen LogP contribution is 2.35. The van der Waals surface area contributed by atoms with Crippen LogP contribution in [0.1, 0.15) is 27.3 Å². The van der Waals surface area contributed by atoms with E-state index in [1.807, 2.05) is 6.07 Å². The van der Waals surface area contributed by atoms with Gasteiger partial charge >= 0.3 is 6.18 Å². The van der Waals surface area contributed by atoms with Gasteiger partial charge in [0.2, 0.25) is 0 Å². The standard InChI is InChI=1S/C23H13F4N9O/c1-12-18(7-13(8-28)21(33-12)36-30-5-6-31-36)34-22(37)16-10-32-35(20(16)23(25,26)27)19-11-29-9-15-14(19)3-2-4-17(15)24/h2-7,9-11H,1H3,(H,34,37). The van der Waals surface area contributed by atoms with Crippen molar-refractivity contribution in [2.75, 3.05) is 5.32 Å². The number of halogens is 4. The molecule has 0 aliphatic rings. The number of hydrogen-bond acceptors (Lipinski definition) is 7. The Balaban J connectivity index is 1.58. The van der Waals surface area contributed by atoms with Crippen LogP contribution in [0.5, 0.6) is 0 Å². The molecule has 14 heteroatoms. The van der Waals surface area contributed by atoms with Crippen molar-refractivity contribution in [2.45, 2.75) is 13.1 Å². The molecule has 4 aromatic heterocycles. The number of hydrogen-bond donors (Lipinski definition) is 1. The average Bonchev–Trinajstić information content (AvgIpc) is 3.55. The van der Waals surface area contributed by atoms with Gasteiger partial charge in [-0.15, -0.1) is 4.80 Å². The molecule has 37 heavy (non-hydrogen) atoms. The van der Waals surface area contributed by atoms with Gasteiger partial charge in [0.1, 0.15) is 17.4 Å². The van der Waals surface area contributed by atoms with Crippen LogP contribution in [0, 0.1) is 24.1 Å². The van der Waals surface area contributed by atoms with Crippen molar-refractivity contribution in [1.29, 1.82) is 5.26 Å². The predicted octanol–water partition coefficient (Wildman–Crippen LogP) is 3.99. The Morgan fingerprint density at radius 1 is 1.08 bits per heavy atom. The fraction of sp³-hybridized carbons (Fsp3) is 0.0870. The van der Waals surface area contributed by atoms with Crippen LogP contribution in [0.15, 0.2) is 55.2 Å². The fourth-order valence-electron chi connectivity index (χ4n) is 3.75. The summed E-state index contributed by atoms with van der Waals surface area (Å²) in [6, 6.07) is 7.08. The number of aromatic nitrogens is 7. The highest BCUT2D eigenvalue weighted by atomic mass is 19.4. The molecule has 0 radical (unpaired) electrons. The van der Waals surface area contributed by atoms with E-state index in [1.165, 1.54) is 43.7 Å². The van der Waals surface area contributed by atoms with Crippen LogP contribution in [0.25, 0.3) is 22.3 Å². The van der Waals surface area contributed by atoms with E-state index in [2.05, 4.69) is 30.6 Å². The van der Waals surface area contributed by atoms with Crippen molar-refractivity contribution in [3.8, 4) is 17.6 Å². The largest absolute Gasteiger partial charge is 0.434 e.